The maximum absolute atomic E-state index is 12.9. The summed E-state index contributed by atoms with van der Waals surface area (Å²) in [5, 5.41) is 11.9. The van der Waals surface area contributed by atoms with E-state index < -0.39 is 0 Å². The molecule has 1 N–H and O–H groups in total. The van der Waals surface area contributed by atoms with E-state index in [1.54, 1.807) is 19.5 Å². The number of pyridine rings is 1. The number of nitrogens with zero attached hydrogens (tertiary/aromatic N) is 4. The maximum atomic E-state index is 12.9. The van der Waals surface area contributed by atoms with E-state index >= 15 is 0 Å². The van der Waals surface area contributed by atoms with Gasteiger partial charge < -0.3 is 19.4 Å². The molecule has 3 aromatic rings. The maximum Gasteiger partial charge on any atom is 0.252 e. The summed E-state index contributed by atoms with van der Waals surface area (Å²) in [6.45, 7) is 3.26. The predicted molar refractivity (Wildman–Crippen MR) is 101 cm³/mol. The number of hydrogen-bond donors (Lipinski definition) is 1. The number of carbonyl (C=O) groups excluding carboxylic acids is 1. The molecule has 3 rings (SSSR count). The van der Waals surface area contributed by atoms with Crippen molar-refractivity contribution < 1.29 is 14.3 Å². The SMILES string of the molecule is COCCCn1cnnc1[C@H](C)NC(=O)c1cc(OC)nc2ccccc12. The molecule has 2 heterocycles. The summed E-state index contributed by atoms with van der Waals surface area (Å²) in [5.41, 5.74) is 1.21. The Bertz CT molecular complexity index is 925. The highest BCUT2D eigenvalue weighted by Gasteiger charge is 2.19. The molecule has 0 fully saturated rings. The fourth-order valence-corrected chi connectivity index (χ4v) is 2.93. The average Bonchev–Trinajstić information content (AvgIpc) is 3.16. The van der Waals surface area contributed by atoms with Gasteiger partial charge in [0.2, 0.25) is 5.88 Å². The second-order valence-electron chi connectivity index (χ2n) is 6.15. The average molecular weight is 369 g/mol. The second kappa shape index (κ2) is 8.59. The van der Waals surface area contributed by atoms with Crippen molar-refractivity contribution >= 4 is 16.8 Å². The van der Waals surface area contributed by atoms with Gasteiger partial charge in [-0.2, -0.15) is 0 Å². The van der Waals surface area contributed by atoms with Crippen LogP contribution < -0.4 is 10.1 Å². The van der Waals surface area contributed by atoms with Gasteiger partial charge in [-0.3, -0.25) is 4.79 Å². The van der Waals surface area contributed by atoms with Crippen molar-refractivity contribution in [2.45, 2.75) is 25.9 Å². The largest absolute Gasteiger partial charge is 0.481 e. The van der Waals surface area contributed by atoms with Gasteiger partial charge >= 0.3 is 0 Å². The molecule has 0 radical (unpaired) electrons. The summed E-state index contributed by atoms with van der Waals surface area (Å²) < 4.78 is 12.2. The third-order valence-corrected chi connectivity index (χ3v) is 4.27. The summed E-state index contributed by atoms with van der Waals surface area (Å²) >= 11 is 0. The standard InChI is InChI=1S/C19H23N5O3/c1-13(18-23-20-12-24(18)9-6-10-26-2)21-19(25)15-11-17(27-3)22-16-8-5-4-7-14(15)16/h4-5,7-8,11-13H,6,9-10H2,1-3H3,(H,21,25)/t13-/m0/s1. The fraction of sp³-hybridized carbons (Fsp3) is 0.368. The van der Waals surface area contributed by atoms with Crippen LogP contribution in [0.15, 0.2) is 36.7 Å². The normalized spacial score (nSPS) is 12.1. The Morgan fingerprint density at radius 1 is 1.30 bits per heavy atom. The minimum Gasteiger partial charge on any atom is -0.481 e. The van der Waals surface area contributed by atoms with Gasteiger partial charge in [0, 0.05) is 31.7 Å². The molecule has 0 unspecified atom stereocenters. The summed E-state index contributed by atoms with van der Waals surface area (Å²) in [5.74, 6) is 0.879. The van der Waals surface area contributed by atoms with Gasteiger partial charge in [0.1, 0.15) is 6.33 Å². The number of rotatable bonds is 8. The van der Waals surface area contributed by atoms with E-state index in [9.17, 15) is 4.79 Å². The highest BCUT2D eigenvalue weighted by atomic mass is 16.5. The lowest BCUT2D eigenvalue weighted by molar-refractivity contribution is 0.0938. The van der Waals surface area contributed by atoms with Gasteiger partial charge in [0.15, 0.2) is 5.82 Å². The Labute approximate surface area is 157 Å². The summed E-state index contributed by atoms with van der Waals surface area (Å²) in [4.78, 5) is 17.3. The molecular weight excluding hydrogens is 346 g/mol. The smallest absolute Gasteiger partial charge is 0.252 e. The zero-order chi connectivity index (χ0) is 19.2. The Morgan fingerprint density at radius 3 is 2.89 bits per heavy atom. The van der Waals surface area contributed by atoms with Gasteiger partial charge in [-0.15, -0.1) is 10.2 Å². The van der Waals surface area contributed by atoms with Crippen molar-refractivity contribution in [2.75, 3.05) is 20.8 Å². The molecule has 0 saturated carbocycles. The zero-order valence-corrected chi connectivity index (χ0v) is 15.7. The third-order valence-electron chi connectivity index (χ3n) is 4.27. The van der Waals surface area contributed by atoms with Crippen LogP contribution >= 0.6 is 0 Å². The Kier molecular flexibility index (Phi) is 5.97. The van der Waals surface area contributed by atoms with Gasteiger partial charge in [-0.1, -0.05) is 18.2 Å². The van der Waals surface area contributed by atoms with Crippen molar-refractivity contribution in [1.82, 2.24) is 25.1 Å². The van der Waals surface area contributed by atoms with Crippen LogP contribution in [0.1, 0.15) is 35.6 Å². The summed E-state index contributed by atoms with van der Waals surface area (Å²) in [7, 11) is 3.20. The Morgan fingerprint density at radius 2 is 2.11 bits per heavy atom. The van der Waals surface area contributed by atoms with Crippen molar-refractivity contribution in [1.29, 1.82) is 0 Å². The molecule has 8 heteroatoms. The van der Waals surface area contributed by atoms with Crippen LogP contribution in [0.25, 0.3) is 10.9 Å². The zero-order valence-electron chi connectivity index (χ0n) is 15.7. The second-order valence-corrected chi connectivity index (χ2v) is 6.15. The summed E-state index contributed by atoms with van der Waals surface area (Å²) in [6, 6.07) is 8.82. The quantitative estimate of drug-likeness (QED) is 0.613. The molecule has 0 bridgehead atoms. The van der Waals surface area contributed by atoms with Crippen LogP contribution in [0, 0.1) is 0 Å². The van der Waals surface area contributed by atoms with Gasteiger partial charge in [0.25, 0.3) is 5.91 Å². The van der Waals surface area contributed by atoms with E-state index in [0.29, 0.717) is 29.4 Å². The molecule has 0 aliphatic rings. The van der Waals surface area contributed by atoms with Crippen molar-refractivity contribution in [3.8, 4) is 5.88 Å². The molecule has 0 aliphatic heterocycles. The lowest BCUT2D eigenvalue weighted by atomic mass is 10.1. The molecular formula is C19H23N5O3. The Hall–Kier alpha value is -3.00. The van der Waals surface area contributed by atoms with Gasteiger partial charge in [0.05, 0.1) is 24.2 Å². The molecule has 27 heavy (non-hydrogen) atoms. The van der Waals surface area contributed by atoms with E-state index in [2.05, 4.69) is 20.5 Å². The number of hydrogen-bond acceptors (Lipinski definition) is 6. The van der Waals surface area contributed by atoms with Crippen molar-refractivity contribution in [3.05, 3.63) is 48.0 Å². The number of amides is 1. The number of aromatic nitrogens is 4. The van der Waals surface area contributed by atoms with Crippen LogP contribution in [0.2, 0.25) is 0 Å². The molecule has 0 saturated heterocycles. The van der Waals surface area contributed by atoms with Gasteiger partial charge in [-0.25, -0.2) is 4.98 Å². The van der Waals surface area contributed by atoms with Crippen molar-refractivity contribution in [3.63, 3.8) is 0 Å². The van der Waals surface area contributed by atoms with E-state index in [1.807, 2.05) is 35.8 Å². The van der Waals surface area contributed by atoms with Crippen LogP contribution in [0.4, 0.5) is 0 Å². The van der Waals surface area contributed by atoms with Crippen LogP contribution in [0.3, 0.4) is 0 Å². The first-order valence-corrected chi connectivity index (χ1v) is 8.75. The number of para-hydroxylation sites is 1. The van der Waals surface area contributed by atoms with Crippen LogP contribution in [-0.2, 0) is 11.3 Å². The van der Waals surface area contributed by atoms with Crippen molar-refractivity contribution in [2.24, 2.45) is 0 Å². The fourth-order valence-electron chi connectivity index (χ4n) is 2.93. The van der Waals surface area contributed by atoms with Gasteiger partial charge in [-0.05, 0) is 19.4 Å². The number of methoxy groups -OCH3 is 2. The molecule has 1 aromatic carbocycles. The number of benzene rings is 1. The first-order chi connectivity index (χ1) is 13.1. The number of nitrogens with one attached hydrogen (secondary N) is 1. The topological polar surface area (TPSA) is 91.2 Å². The third kappa shape index (κ3) is 4.22. The number of ether oxygens (including phenoxy) is 2. The first-order valence-electron chi connectivity index (χ1n) is 8.75. The van der Waals surface area contributed by atoms with E-state index in [4.69, 9.17) is 9.47 Å². The molecule has 1 amide bonds. The first kappa shape index (κ1) is 18.8. The minimum atomic E-state index is -0.305. The molecule has 142 valence electrons. The van der Waals surface area contributed by atoms with E-state index in [-0.39, 0.29) is 11.9 Å². The lowest BCUT2D eigenvalue weighted by Gasteiger charge is -2.16. The highest BCUT2D eigenvalue weighted by Crippen LogP contribution is 2.22. The predicted octanol–water partition coefficient (Wildman–Crippen LogP) is 2.36. The van der Waals surface area contributed by atoms with Crippen LogP contribution in [0.5, 0.6) is 5.88 Å². The highest BCUT2D eigenvalue weighted by molar-refractivity contribution is 6.06. The number of aryl methyl sites for hydroxylation is 1. The Balaban J connectivity index is 1.82. The minimum absolute atomic E-state index is 0.217. The molecule has 0 aliphatic carbocycles. The van der Waals surface area contributed by atoms with Crippen LogP contribution in [-0.4, -0.2) is 46.5 Å². The van der Waals surface area contributed by atoms with E-state index in [0.717, 1.165) is 18.4 Å². The molecule has 2 aromatic heterocycles. The number of carbonyl (C=O) groups is 1. The molecule has 8 nitrogen and oxygen atoms in total. The molecule has 0 spiro atoms. The monoisotopic (exact) mass is 369 g/mol. The number of fused-ring (bicyclic) bond motifs is 1. The summed E-state index contributed by atoms with van der Waals surface area (Å²) in [6.07, 6.45) is 2.51. The lowest BCUT2D eigenvalue weighted by Crippen LogP contribution is -2.29. The molecule has 1 atom stereocenters. The van der Waals surface area contributed by atoms with E-state index in [1.165, 1.54) is 7.11 Å².